The molecule has 1 amide bonds. The van der Waals surface area contributed by atoms with Crippen LogP contribution >= 0.6 is 0 Å². The van der Waals surface area contributed by atoms with Crippen LogP contribution in [-0.2, 0) is 21.3 Å². The highest BCUT2D eigenvalue weighted by atomic mass is 32.2. The van der Waals surface area contributed by atoms with E-state index in [4.69, 9.17) is 9.47 Å². The molecule has 1 aliphatic rings. The number of benzene rings is 2. The maximum Gasteiger partial charge on any atom is 0.251 e. The van der Waals surface area contributed by atoms with Crippen molar-refractivity contribution in [2.24, 2.45) is 0 Å². The Morgan fingerprint density at radius 1 is 1.20 bits per heavy atom. The molecule has 0 saturated carbocycles. The zero-order valence-corrected chi connectivity index (χ0v) is 18.0. The Morgan fingerprint density at radius 2 is 1.90 bits per heavy atom. The van der Waals surface area contributed by atoms with Crippen molar-refractivity contribution < 1.29 is 27.8 Å². The number of sulfonamides is 1. The predicted octanol–water partition coefficient (Wildman–Crippen LogP) is 2.13. The standard InChI is InChI=1S/C21H26N2O6S/c1-14-12-23(13-15(2)29-14)30(26,27)18-6-4-5-17(10-18)21(25)22-11-16-7-8-19(24)20(9-16)28-3/h4-10,14-15,24H,11-13H2,1-3H3,(H,22,25). The van der Waals surface area contributed by atoms with Gasteiger partial charge in [0, 0.05) is 25.2 Å². The molecule has 162 valence electrons. The van der Waals surface area contributed by atoms with E-state index in [1.54, 1.807) is 24.3 Å². The van der Waals surface area contributed by atoms with Crippen molar-refractivity contribution >= 4 is 15.9 Å². The van der Waals surface area contributed by atoms with E-state index >= 15 is 0 Å². The highest BCUT2D eigenvalue weighted by molar-refractivity contribution is 7.89. The number of hydrogen-bond donors (Lipinski definition) is 2. The molecule has 9 heteroatoms. The Hall–Kier alpha value is -2.62. The molecule has 0 aromatic heterocycles. The summed E-state index contributed by atoms with van der Waals surface area (Å²) in [5, 5.41) is 12.4. The highest BCUT2D eigenvalue weighted by Crippen LogP contribution is 2.26. The summed E-state index contributed by atoms with van der Waals surface area (Å²) >= 11 is 0. The van der Waals surface area contributed by atoms with Gasteiger partial charge in [0.05, 0.1) is 24.2 Å². The Kier molecular flexibility index (Phi) is 6.64. The fourth-order valence-electron chi connectivity index (χ4n) is 3.39. The van der Waals surface area contributed by atoms with Crippen LogP contribution in [0.1, 0.15) is 29.8 Å². The van der Waals surface area contributed by atoms with Crippen molar-refractivity contribution in [2.75, 3.05) is 20.2 Å². The summed E-state index contributed by atoms with van der Waals surface area (Å²) in [5.74, 6) is -0.0798. The maximum atomic E-state index is 13.0. The minimum absolute atomic E-state index is 0.0113. The quantitative estimate of drug-likeness (QED) is 0.722. The maximum absolute atomic E-state index is 13.0. The average Bonchev–Trinajstić information content (AvgIpc) is 2.72. The van der Waals surface area contributed by atoms with E-state index < -0.39 is 15.9 Å². The van der Waals surface area contributed by atoms with Crippen molar-refractivity contribution in [1.82, 2.24) is 9.62 Å². The van der Waals surface area contributed by atoms with Gasteiger partial charge < -0.3 is 19.9 Å². The Labute approximate surface area is 176 Å². The van der Waals surface area contributed by atoms with Crippen LogP contribution in [0, 0.1) is 0 Å². The molecule has 0 aliphatic carbocycles. The van der Waals surface area contributed by atoms with Gasteiger partial charge in [0.2, 0.25) is 10.0 Å². The van der Waals surface area contributed by atoms with Gasteiger partial charge in [0.25, 0.3) is 5.91 Å². The van der Waals surface area contributed by atoms with E-state index in [1.807, 2.05) is 13.8 Å². The fourth-order valence-corrected chi connectivity index (χ4v) is 5.03. The molecule has 1 aliphatic heterocycles. The van der Waals surface area contributed by atoms with Gasteiger partial charge in [-0.05, 0) is 49.7 Å². The Morgan fingerprint density at radius 3 is 2.57 bits per heavy atom. The normalized spacial score (nSPS) is 20.0. The van der Waals surface area contributed by atoms with Gasteiger partial charge >= 0.3 is 0 Å². The Balaban J connectivity index is 1.73. The molecule has 2 N–H and O–H groups in total. The summed E-state index contributed by atoms with van der Waals surface area (Å²) in [4.78, 5) is 12.7. The van der Waals surface area contributed by atoms with E-state index in [0.717, 1.165) is 5.56 Å². The minimum atomic E-state index is -3.74. The molecule has 1 heterocycles. The summed E-state index contributed by atoms with van der Waals surface area (Å²) in [5.41, 5.74) is 0.981. The number of carbonyl (C=O) groups is 1. The summed E-state index contributed by atoms with van der Waals surface area (Å²) in [6.07, 6.45) is -0.394. The van der Waals surface area contributed by atoms with Crippen LogP contribution in [0.15, 0.2) is 47.4 Å². The molecule has 2 unspecified atom stereocenters. The Bertz CT molecular complexity index is 1010. The third kappa shape index (κ3) is 4.92. The number of aromatic hydroxyl groups is 1. The molecule has 1 saturated heterocycles. The summed E-state index contributed by atoms with van der Waals surface area (Å²) in [7, 11) is -2.29. The third-order valence-electron chi connectivity index (χ3n) is 4.82. The van der Waals surface area contributed by atoms with Crippen molar-refractivity contribution in [2.45, 2.75) is 37.5 Å². The van der Waals surface area contributed by atoms with Crippen molar-refractivity contribution in [3.63, 3.8) is 0 Å². The van der Waals surface area contributed by atoms with Crippen LogP contribution in [-0.4, -0.2) is 56.1 Å². The van der Waals surface area contributed by atoms with Crippen LogP contribution in [0.5, 0.6) is 11.5 Å². The average molecular weight is 435 g/mol. The lowest BCUT2D eigenvalue weighted by Crippen LogP contribution is -2.48. The van der Waals surface area contributed by atoms with Gasteiger partial charge in [-0.15, -0.1) is 0 Å². The molecular weight excluding hydrogens is 408 g/mol. The lowest BCUT2D eigenvalue weighted by Gasteiger charge is -2.34. The summed E-state index contributed by atoms with van der Waals surface area (Å²) in [6.45, 7) is 4.41. The van der Waals surface area contributed by atoms with Crippen molar-refractivity contribution in [1.29, 1.82) is 0 Å². The van der Waals surface area contributed by atoms with Gasteiger partial charge in [-0.2, -0.15) is 4.31 Å². The molecule has 2 atom stereocenters. The SMILES string of the molecule is COc1cc(CNC(=O)c2cccc(S(=O)(=O)N3CC(C)OC(C)C3)c2)ccc1O. The van der Waals surface area contributed by atoms with E-state index in [0.29, 0.717) is 5.75 Å². The summed E-state index contributed by atoms with van der Waals surface area (Å²) in [6, 6.07) is 10.8. The van der Waals surface area contributed by atoms with Crippen molar-refractivity contribution in [3.8, 4) is 11.5 Å². The van der Waals surface area contributed by atoms with Crippen LogP contribution in [0.2, 0.25) is 0 Å². The lowest BCUT2D eigenvalue weighted by atomic mass is 10.1. The molecule has 0 bridgehead atoms. The van der Waals surface area contributed by atoms with E-state index in [9.17, 15) is 18.3 Å². The minimum Gasteiger partial charge on any atom is -0.504 e. The molecule has 0 spiro atoms. The number of morpholine rings is 1. The number of rotatable bonds is 6. The van der Waals surface area contributed by atoms with Crippen LogP contribution in [0.4, 0.5) is 0 Å². The van der Waals surface area contributed by atoms with Gasteiger partial charge in [-0.3, -0.25) is 4.79 Å². The molecular formula is C21H26N2O6S. The number of methoxy groups -OCH3 is 1. The van der Waals surface area contributed by atoms with Crippen LogP contribution < -0.4 is 10.1 Å². The second kappa shape index (κ2) is 9.03. The second-order valence-electron chi connectivity index (χ2n) is 7.30. The van der Waals surface area contributed by atoms with Crippen LogP contribution in [0.3, 0.4) is 0 Å². The number of phenolic OH excluding ortho intramolecular Hbond substituents is 1. The molecule has 2 aromatic rings. The number of carbonyl (C=O) groups excluding carboxylic acids is 1. The molecule has 30 heavy (non-hydrogen) atoms. The third-order valence-corrected chi connectivity index (χ3v) is 6.64. The topological polar surface area (TPSA) is 105 Å². The first-order valence-corrected chi connectivity index (χ1v) is 11.0. The van der Waals surface area contributed by atoms with Gasteiger partial charge in [0.15, 0.2) is 11.5 Å². The van der Waals surface area contributed by atoms with E-state index in [-0.39, 0.29) is 48.1 Å². The number of hydrogen-bond acceptors (Lipinski definition) is 6. The predicted molar refractivity (Wildman–Crippen MR) is 111 cm³/mol. The molecule has 3 rings (SSSR count). The highest BCUT2D eigenvalue weighted by Gasteiger charge is 2.32. The van der Waals surface area contributed by atoms with Crippen LogP contribution in [0.25, 0.3) is 0 Å². The van der Waals surface area contributed by atoms with E-state index in [1.165, 1.54) is 29.6 Å². The fraction of sp³-hybridized carbons (Fsp3) is 0.381. The largest absolute Gasteiger partial charge is 0.504 e. The zero-order valence-electron chi connectivity index (χ0n) is 17.2. The first-order valence-electron chi connectivity index (χ1n) is 9.60. The van der Waals surface area contributed by atoms with Gasteiger partial charge in [-0.25, -0.2) is 8.42 Å². The number of nitrogens with one attached hydrogen (secondary N) is 1. The zero-order chi connectivity index (χ0) is 21.9. The van der Waals surface area contributed by atoms with E-state index in [2.05, 4.69) is 5.32 Å². The van der Waals surface area contributed by atoms with Crippen molar-refractivity contribution in [3.05, 3.63) is 53.6 Å². The molecule has 1 fully saturated rings. The number of nitrogens with zero attached hydrogens (tertiary/aromatic N) is 1. The first-order chi connectivity index (χ1) is 14.2. The molecule has 2 aromatic carbocycles. The lowest BCUT2D eigenvalue weighted by molar-refractivity contribution is -0.0440. The second-order valence-corrected chi connectivity index (χ2v) is 9.23. The summed E-state index contributed by atoms with van der Waals surface area (Å²) < 4.78 is 38.1. The molecule has 0 radical (unpaired) electrons. The number of amides is 1. The smallest absolute Gasteiger partial charge is 0.251 e. The van der Waals surface area contributed by atoms with Gasteiger partial charge in [-0.1, -0.05) is 12.1 Å². The monoisotopic (exact) mass is 434 g/mol. The number of phenols is 1. The van der Waals surface area contributed by atoms with Gasteiger partial charge in [0.1, 0.15) is 0 Å². The molecule has 8 nitrogen and oxygen atoms in total. The number of ether oxygens (including phenoxy) is 2. The first kappa shape index (κ1) is 22.1.